The monoisotopic (exact) mass is 409 g/mol. The molecule has 3 rings (SSSR count). The second-order valence-electron chi connectivity index (χ2n) is 6.32. The zero-order chi connectivity index (χ0) is 20.8. The molecule has 150 valence electrons. The van der Waals surface area contributed by atoms with Crippen molar-refractivity contribution < 1.29 is 9.53 Å². The summed E-state index contributed by atoms with van der Waals surface area (Å²) >= 11 is 1.25. The predicted molar refractivity (Wildman–Crippen MR) is 118 cm³/mol. The first kappa shape index (κ1) is 20.7. The van der Waals surface area contributed by atoms with Gasteiger partial charge < -0.3 is 10.1 Å². The SMILES string of the molecule is C=CCn1c(S[C@H](C)C(=O)Nc2ccc(OCC)cc2)nc2ccccc2c1=O. The Morgan fingerprint density at radius 1 is 1.28 bits per heavy atom. The molecule has 0 aliphatic rings. The summed E-state index contributed by atoms with van der Waals surface area (Å²) in [6.45, 7) is 8.34. The highest BCUT2D eigenvalue weighted by Crippen LogP contribution is 2.24. The van der Waals surface area contributed by atoms with E-state index in [0.29, 0.717) is 34.9 Å². The van der Waals surface area contributed by atoms with E-state index in [9.17, 15) is 9.59 Å². The van der Waals surface area contributed by atoms with E-state index >= 15 is 0 Å². The van der Waals surface area contributed by atoms with Crippen LogP contribution in [0.4, 0.5) is 5.69 Å². The lowest BCUT2D eigenvalue weighted by Crippen LogP contribution is -2.26. The number of nitrogens with zero attached hydrogens (tertiary/aromatic N) is 2. The van der Waals surface area contributed by atoms with Crippen LogP contribution in [0.25, 0.3) is 10.9 Å². The first-order chi connectivity index (χ1) is 14.0. The highest BCUT2D eigenvalue weighted by molar-refractivity contribution is 8.00. The van der Waals surface area contributed by atoms with Crippen LogP contribution in [-0.2, 0) is 11.3 Å². The van der Waals surface area contributed by atoms with E-state index in [1.807, 2.05) is 31.2 Å². The zero-order valence-corrected chi connectivity index (χ0v) is 17.2. The topological polar surface area (TPSA) is 73.2 Å². The van der Waals surface area contributed by atoms with Crippen molar-refractivity contribution in [2.45, 2.75) is 30.8 Å². The lowest BCUT2D eigenvalue weighted by atomic mass is 10.2. The quantitative estimate of drug-likeness (QED) is 0.344. The maximum Gasteiger partial charge on any atom is 0.262 e. The molecule has 1 atom stereocenters. The normalized spacial score (nSPS) is 11.8. The maximum atomic E-state index is 12.8. The number of benzene rings is 2. The van der Waals surface area contributed by atoms with Crippen LogP contribution in [0.15, 0.2) is 71.1 Å². The van der Waals surface area contributed by atoms with E-state index in [0.717, 1.165) is 5.75 Å². The Morgan fingerprint density at radius 2 is 2.00 bits per heavy atom. The fourth-order valence-corrected chi connectivity index (χ4v) is 3.70. The molecule has 0 saturated heterocycles. The second kappa shape index (κ2) is 9.43. The summed E-state index contributed by atoms with van der Waals surface area (Å²) in [5.41, 5.74) is 1.15. The van der Waals surface area contributed by atoms with Gasteiger partial charge in [0.15, 0.2) is 5.16 Å². The first-order valence-electron chi connectivity index (χ1n) is 9.34. The third-order valence-electron chi connectivity index (χ3n) is 4.22. The number of para-hydroxylation sites is 1. The van der Waals surface area contributed by atoms with Crippen molar-refractivity contribution in [1.82, 2.24) is 9.55 Å². The van der Waals surface area contributed by atoms with E-state index in [-0.39, 0.29) is 11.5 Å². The average molecular weight is 410 g/mol. The molecule has 0 saturated carbocycles. The van der Waals surface area contributed by atoms with E-state index in [2.05, 4.69) is 16.9 Å². The molecule has 1 amide bonds. The lowest BCUT2D eigenvalue weighted by molar-refractivity contribution is -0.115. The number of rotatable bonds is 8. The summed E-state index contributed by atoms with van der Waals surface area (Å²) in [6.07, 6.45) is 1.65. The largest absolute Gasteiger partial charge is 0.494 e. The number of aromatic nitrogens is 2. The average Bonchev–Trinajstić information content (AvgIpc) is 2.72. The summed E-state index contributed by atoms with van der Waals surface area (Å²) in [6, 6.07) is 14.4. The number of thioether (sulfide) groups is 1. The molecular formula is C22H23N3O3S. The number of allylic oxidation sites excluding steroid dienone is 1. The summed E-state index contributed by atoms with van der Waals surface area (Å²) in [7, 11) is 0. The molecule has 0 radical (unpaired) electrons. The van der Waals surface area contributed by atoms with Crippen LogP contribution >= 0.6 is 11.8 Å². The number of fused-ring (bicyclic) bond motifs is 1. The molecular weight excluding hydrogens is 386 g/mol. The van der Waals surface area contributed by atoms with Gasteiger partial charge in [-0.1, -0.05) is 30.0 Å². The molecule has 1 aromatic heterocycles. The van der Waals surface area contributed by atoms with Gasteiger partial charge >= 0.3 is 0 Å². The van der Waals surface area contributed by atoms with Crippen LogP contribution in [0.5, 0.6) is 5.75 Å². The van der Waals surface area contributed by atoms with Crippen LogP contribution in [0, 0.1) is 0 Å². The number of hydrogen-bond donors (Lipinski definition) is 1. The number of hydrogen-bond acceptors (Lipinski definition) is 5. The van der Waals surface area contributed by atoms with Crippen LogP contribution < -0.4 is 15.6 Å². The fourth-order valence-electron chi connectivity index (χ4n) is 2.78. The van der Waals surface area contributed by atoms with E-state index < -0.39 is 5.25 Å². The molecule has 2 aromatic carbocycles. The number of carbonyl (C=O) groups excluding carboxylic acids is 1. The molecule has 0 fully saturated rings. The number of amides is 1. The first-order valence-corrected chi connectivity index (χ1v) is 10.2. The number of ether oxygens (including phenoxy) is 1. The van der Waals surface area contributed by atoms with Crippen molar-refractivity contribution in [3.63, 3.8) is 0 Å². The van der Waals surface area contributed by atoms with Gasteiger partial charge in [-0.15, -0.1) is 6.58 Å². The van der Waals surface area contributed by atoms with E-state index in [1.165, 1.54) is 11.8 Å². The van der Waals surface area contributed by atoms with Crippen LogP contribution in [0.2, 0.25) is 0 Å². The Balaban J connectivity index is 1.80. The Morgan fingerprint density at radius 3 is 2.69 bits per heavy atom. The number of anilines is 1. The number of carbonyl (C=O) groups is 1. The van der Waals surface area contributed by atoms with Gasteiger partial charge in [0, 0.05) is 12.2 Å². The minimum atomic E-state index is -0.453. The predicted octanol–water partition coefficient (Wildman–Crippen LogP) is 4.10. The standard InChI is InChI=1S/C22H23N3O3S/c1-4-14-25-21(27)18-8-6-7-9-19(18)24-22(25)29-15(3)20(26)23-16-10-12-17(13-11-16)28-5-2/h4,6-13,15H,1,5,14H2,2-3H3,(H,23,26)/t15-/m1/s1. The van der Waals surface area contributed by atoms with Crippen molar-refractivity contribution in [3.8, 4) is 5.75 Å². The molecule has 0 aliphatic heterocycles. The molecule has 0 unspecified atom stereocenters. The van der Waals surface area contributed by atoms with Crippen molar-refractivity contribution in [3.05, 3.63) is 71.5 Å². The van der Waals surface area contributed by atoms with Crippen LogP contribution in [0.1, 0.15) is 13.8 Å². The molecule has 0 spiro atoms. The molecule has 7 heteroatoms. The van der Waals surface area contributed by atoms with E-state index in [1.54, 1.807) is 41.8 Å². The molecule has 0 bridgehead atoms. The van der Waals surface area contributed by atoms with Crippen molar-refractivity contribution in [2.24, 2.45) is 0 Å². The van der Waals surface area contributed by atoms with Crippen molar-refractivity contribution in [2.75, 3.05) is 11.9 Å². The van der Waals surface area contributed by atoms with Gasteiger partial charge in [0.25, 0.3) is 5.56 Å². The van der Waals surface area contributed by atoms with Gasteiger partial charge in [0.1, 0.15) is 5.75 Å². The Hall–Kier alpha value is -3.06. The third kappa shape index (κ3) is 4.86. The van der Waals surface area contributed by atoms with Gasteiger partial charge in [-0.2, -0.15) is 0 Å². The Labute approximate surface area is 173 Å². The molecule has 1 N–H and O–H groups in total. The highest BCUT2D eigenvalue weighted by atomic mass is 32.2. The lowest BCUT2D eigenvalue weighted by Gasteiger charge is -2.15. The van der Waals surface area contributed by atoms with E-state index in [4.69, 9.17) is 4.74 Å². The van der Waals surface area contributed by atoms with Crippen LogP contribution in [-0.4, -0.2) is 27.3 Å². The van der Waals surface area contributed by atoms with Gasteiger partial charge in [-0.25, -0.2) is 4.98 Å². The zero-order valence-electron chi connectivity index (χ0n) is 16.4. The number of nitrogens with one attached hydrogen (secondary N) is 1. The maximum absolute atomic E-state index is 12.8. The molecule has 1 heterocycles. The van der Waals surface area contributed by atoms with Gasteiger partial charge in [0.05, 0.1) is 22.8 Å². The highest BCUT2D eigenvalue weighted by Gasteiger charge is 2.19. The summed E-state index contributed by atoms with van der Waals surface area (Å²) < 4.78 is 6.95. The minimum absolute atomic E-state index is 0.142. The second-order valence-corrected chi connectivity index (χ2v) is 7.63. The van der Waals surface area contributed by atoms with Gasteiger partial charge in [-0.3, -0.25) is 14.2 Å². The van der Waals surface area contributed by atoms with Crippen LogP contribution in [0.3, 0.4) is 0 Å². The Bertz CT molecular complexity index is 1080. The van der Waals surface area contributed by atoms with Gasteiger partial charge in [0.2, 0.25) is 5.91 Å². The van der Waals surface area contributed by atoms with Crippen molar-refractivity contribution >= 4 is 34.3 Å². The molecule has 3 aromatic rings. The fraction of sp³-hybridized carbons (Fsp3) is 0.227. The Kier molecular flexibility index (Phi) is 6.72. The molecule has 6 nitrogen and oxygen atoms in total. The van der Waals surface area contributed by atoms with Gasteiger partial charge in [-0.05, 0) is 50.2 Å². The van der Waals surface area contributed by atoms with Crippen molar-refractivity contribution in [1.29, 1.82) is 0 Å². The smallest absolute Gasteiger partial charge is 0.262 e. The summed E-state index contributed by atoms with van der Waals surface area (Å²) in [5, 5.41) is 3.47. The molecule has 29 heavy (non-hydrogen) atoms. The third-order valence-corrected chi connectivity index (χ3v) is 5.31. The minimum Gasteiger partial charge on any atom is -0.494 e. The summed E-state index contributed by atoms with van der Waals surface area (Å²) in [4.78, 5) is 30.1. The summed E-state index contributed by atoms with van der Waals surface area (Å²) in [5.74, 6) is 0.577. The molecule has 0 aliphatic carbocycles.